The maximum atomic E-state index is 6.24. The number of hydrogen-bond donors (Lipinski definition) is 0. The molecule has 0 unspecified atom stereocenters. The van der Waals surface area contributed by atoms with E-state index in [1.165, 1.54) is 22.2 Å². The standard InChI is InChI=1S/C22H28N2O/c1-4-23(5-2)15-16-25-22-18(3)24(17-19-11-7-6-8-12-19)21-14-10-9-13-20(21)22/h6-14H,4-5,15-17H2,1-3H3. The van der Waals surface area contributed by atoms with Crippen molar-refractivity contribution in [3.63, 3.8) is 0 Å². The van der Waals surface area contributed by atoms with E-state index in [-0.39, 0.29) is 0 Å². The van der Waals surface area contributed by atoms with Crippen LogP contribution in [-0.2, 0) is 6.54 Å². The van der Waals surface area contributed by atoms with Crippen LogP contribution < -0.4 is 4.74 Å². The Morgan fingerprint density at radius 2 is 1.60 bits per heavy atom. The van der Waals surface area contributed by atoms with Gasteiger partial charge in [0.25, 0.3) is 0 Å². The molecule has 25 heavy (non-hydrogen) atoms. The molecule has 0 bridgehead atoms. The molecule has 3 aromatic rings. The summed E-state index contributed by atoms with van der Waals surface area (Å²) in [6, 6.07) is 19.1. The van der Waals surface area contributed by atoms with Gasteiger partial charge in [0.15, 0.2) is 0 Å². The maximum Gasteiger partial charge on any atom is 0.147 e. The molecule has 0 aliphatic carbocycles. The second-order valence-corrected chi connectivity index (χ2v) is 6.38. The van der Waals surface area contributed by atoms with Crippen molar-refractivity contribution >= 4 is 10.9 Å². The lowest BCUT2D eigenvalue weighted by atomic mass is 10.2. The predicted molar refractivity (Wildman–Crippen MR) is 106 cm³/mol. The van der Waals surface area contributed by atoms with Gasteiger partial charge in [0.2, 0.25) is 0 Å². The third-order valence-electron chi connectivity index (χ3n) is 4.90. The van der Waals surface area contributed by atoms with Crippen LogP contribution in [0.4, 0.5) is 0 Å². The maximum absolute atomic E-state index is 6.24. The first-order valence-electron chi connectivity index (χ1n) is 9.21. The SMILES string of the molecule is CCN(CC)CCOc1c(C)n(Cc2ccccc2)c2ccccc12. The molecular formula is C22H28N2O. The van der Waals surface area contributed by atoms with Crippen LogP contribution in [0.1, 0.15) is 25.1 Å². The molecule has 0 radical (unpaired) electrons. The molecule has 0 aliphatic rings. The van der Waals surface area contributed by atoms with E-state index in [2.05, 4.69) is 84.8 Å². The van der Waals surface area contributed by atoms with Gasteiger partial charge in [-0.2, -0.15) is 0 Å². The first-order chi connectivity index (χ1) is 12.2. The Labute approximate surface area is 150 Å². The summed E-state index contributed by atoms with van der Waals surface area (Å²) in [5.74, 6) is 1.03. The fourth-order valence-electron chi connectivity index (χ4n) is 3.37. The molecule has 0 aliphatic heterocycles. The summed E-state index contributed by atoms with van der Waals surface area (Å²) in [7, 11) is 0. The van der Waals surface area contributed by atoms with Gasteiger partial charge in [-0.05, 0) is 37.7 Å². The van der Waals surface area contributed by atoms with Crippen LogP contribution in [0.5, 0.6) is 5.75 Å². The van der Waals surface area contributed by atoms with Crippen molar-refractivity contribution in [2.45, 2.75) is 27.3 Å². The average molecular weight is 336 g/mol. The second kappa shape index (κ2) is 8.21. The molecule has 0 saturated carbocycles. The van der Waals surface area contributed by atoms with E-state index >= 15 is 0 Å². The van der Waals surface area contributed by atoms with Crippen molar-refractivity contribution in [1.29, 1.82) is 0 Å². The monoisotopic (exact) mass is 336 g/mol. The highest BCUT2D eigenvalue weighted by atomic mass is 16.5. The summed E-state index contributed by atoms with van der Waals surface area (Å²) in [5.41, 5.74) is 3.74. The van der Waals surface area contributed by atoms with E-state index in [9.17, 15) is 0 Å². The molecule has 3 nitrogen and oxygen atoms in total. The molecule has 0 fully saturated rings. The van der Waals surface area contributed by atoms with Crippen molar-refractivity contribution < 1.29 is 4.74 Å². The summed E-state index contributed by atoms with van der Waals surface area (Å²) in [6.45, 7) is 11.2. The third-order valence-corrected chi connectivity index (χ3v) is 4.90. The Kier molecular flexibility index (Phi) is 5.77. The fraction of sp³-hybridized carbons (Fsp3) is 0.364. The minimum atomic E-state index is 0.724. The molecule has 1 aromatic heterocycles. The highest BCUT2D eigenvalue weighted by Crippen LogP contribution is 2.33. The molecule has 0 spiro atoms. The predicted octanol–water partition coefficient (Wildman–Crippen LogP) is 4.72. The lowest BCUT2D eigenvalue weighted by Crippen LogP contribution is -2.28. The minimum absolute atomic E-state index is 0.724. The first kappa shape index (κ1) is 17.6. The Morgan fingerprint density at radius 3 is 2.32 bits per heavy atom. The number of para-hydroxylation sites is 1. The summed E-state index contributed by atoms with van der Waals surface area (Å²) in [6.07, 6.45) is 0. The van der Waals surface area contributed by atoms with E-state index in [1.54, 1.807) is 0 Å². The van der Waals surface area contributed by atoms with Gasteiger partial charge in [-0.3, -0.25) is 0 Å². The molecule has 0 amide bonds. The number of hydrogen-bond acceptors (Lipinski definition) is 2. The summed E-state index contributed by atoms with van der Waals surface area (Å²) in [5, 5.41) is 1.20. The van der Waals surface area contributed by atoms with Gasteiger partial charge in [-0.25, -0.2) is 0 Å². The number of ether oxygens (including phenoxy) is 1. The number of aromatic nitrogens is 1. The highest BCUT2D eigenvalue weighted by molar-refractivity contribution is 5.88. The Morgan fingerprint density at radius 1 is 0.920 bits per heavy atom. The zero-order chi connectivity index (χ0) is 17.6. The quantitative estimate of drug-likeness (QED) is 0.592. The van der Waals surface area contributed by atoms with Crippen LogP contribution in [0.3, 0.4) is 0 Å². The fourth-order valence-corrected chi connectivity index (χ4v) is 3.37. The first-order valence-corrected chi connectivity index (χ1v) is 9.21. The smallest absolute Gasteiger partial charge is 0.147 e. The van der Waals surface area contributed by atoms with Crippen molar-refractivity contribution in [1.82, 2.24) is 9.47 Å². The number of likely N-dealkylation sites (N-methyl/N-ethyl adjacent to an activating group) is 1. The largest absolute Gasteiger partial charge is 0.490 e. The van der Waals surface area contributed by atoms with Crippen LogP contribution in [0.2, 0.25) is 0 Å². The molecule has 3 heteroatoms. The second-order valence-electron chi connectivity index (χ2n) is 6.38. The molecule has 1 heterocycles. The van der Waals surface area contributed by atoms with Gasteiger partial charge in [0, 0.05) is 18.5 Å². The molecule has 0 N–H and O–H groups in total. The molecule has 3 rings (SSSR count). The number of nitrogens with zero attached hydrogens (tertiary/aromatic N) is 2. The normalized spacial score (nSPS) is 11.4. The Hall–Kier alpha value is -2.26. The summed E-state index contributed by atoms with van der Waals surface area (Å²) in [4.78, 5) is 2.39. The number of rotatable bonds is 8. The number of fused-ring (bicyclic) bond motifs is 1. The van der Waals surface area contributed by atoms with E-state index in [1.807, 2.05) is 0 Å². The topological polar surface area (TPSA) is 17.4 Å². The molecule has 0 atom stereocenters. The van der Waals surface area contributed by atoms with Crippen LogP contribution in [0, 0.1) is 6.92 Å². The van der Waals surface area contributed by atoms with Gasteiger partial charge >= 0.3 is 0 Å². The lowest BCUT2D eigenvalue weighted by Gasteiger charge is -2.18. The highest BCUT2D eigenvalue weighted by Gasteiger charge is 2.15. The van der Waals surface area contributed by atoms with E-state index in [4.69, 9.17) is 4.74 Å². The zero-order valence-corrected chi connectivity index (χ0v) is 15.5. The lowest BCUT2D eigenvalue weighted by molar-refractivity contribution is 0.223. The zero-order valence-electron chi connectivity index (χ0n) is 15.5. The molecule has 2 aromatic carbocycles. The third kappa shape index (κ3) is 3.88. The average Bonchev–Trinajstić information content (AvgIpc) is 2.92. The summed E-state index contributed by atoms with van der Waals surface area (Å²) < 4.78 is 8.60. The van der Waals surface area contributed by atoms with Crippen LogP contribution in [-0.4, -0.2) is 35.7 Å². The Balaban J connectivity index is 1.87. The van der Waals surface area contributed by atoms with Crippen molar-refractivity contribution in [3.8, 4) is 5.75 Å². The van der Waals surface area contributed by atoms with Crippen molar-refractivity contribution in [2.24, 2.45) is 0 Å². The number of benzene rings is 2. The van der Waals surface area contributed by atoms with Crippen LogP contribution in [0.15, 0.2) is 54.6 Å². The van der Waals surface area contributed by atoms with Crippen molar-refractivity contribution in [3.05, 3.63) is 65.9 Å². The van der Waals surface area contributed by atoms with Gasteiger partial charge < -0.3 is 14.2 Å². The van der Waals surface area contributed by atoms with Gasteiger partial charge in [-0.1, -0.05) is 56.3 Å². The van der Waals surface area contributed by atoms with Gasteiger partial charge in [0.1, 0.15) is 12.4 Å². The molecule has 132 valence electrons. The van der Waals surface area contributed by atoms with E-state index < -0.39 is 0 Å². The van der Waals surface area contributed by atoms with Crippen LogP contribution >= 0.6 is 0 Å². The molecule has 0 saturated heterocycles. The van der Waals surface area contributed by atoms with Gasteiger partial charge in [0.05, 0.1) is 11.2 Å². The van der Waals surface area contributed by atoms with Crippen molar-refractivity contribution in [2.75, 3.05) is 26.2 Å². The van der Waals surface area contributed by atoms with Crippen LogP contribution in [0.25, 0.3) is 10.9 Å². The van der Waals surface area contributed by atoms with E-state index in [0.717, 1.165) is 38.5 Å². The Bertz CT molecular complexity index is 804. The minimum Gasteiger partial charge on any atom is -0.490 e. The van der Waals surface area contributed by atoms with Gasteiger partial charge in [-0.15, -0.1) is 0 Å². The van der Waals surface area contributed by atoms with E-state index in [0.29, 0.717) is 0 Å². The summed E-state index contributed by atoms with van der Waals surface area (Å²) >= 11 is 0. The molecular weight excluding hydrogens is 308 g/mol.